The molecule has 1 aromatic carbocycles. The molecule has 17 heavy (non-hydrogen) atoms. The second-order valence-corrected chi connectivity index (χ2v) is 3.79. The van der Waals surface area contributed by atoms with Crippen molar-refractivity contribution in [3.63, 3.8) is 0 Å². The number of anilines is 1. The first-order valence-electron chi connectivity index (χ1n) is 5.36. The van der Waals surface area contributed by atoms with Crippen LogP contribution in [0.5, 0.6) is 0 Å². The molecule has 88 valence electrons. The van der Waals surface area contributed by atoms with Gasteiger partial charge in [-0.15, -0.1) is 0 Å². The van der Waals surface area contributed by atoms with Crippen LogP contribution in [-0.4, -0.2) is 22.2 Å². The van der Waals surface area contributed by atoms with Crippen LogP contribution in [0.25, 0.3) is 10.9 Å². The summed E-state index contributed by atoms with van der Waals surface area (Å²) in [6.45, 7) is 0.500. The summed E-state index contributed by atoms with van der Waals surface area (Å²) in [5.41, 5.74) is 2.16. The molecule has 4 heteroatoms. The fourth-order valence-corrected chi connectivity index (χ4v) is 1.81. The zero-order chi connectivity index (χ0) is 12.3. The Morgan fingerprint density at radius 1 is 1.47 bits per heavy atom. The Labute approximate surface area is 99.2 Å². The normalized spacial score (nSPS) is 11.1. The average molecular weight is 230 g/mol. The number of hydrogen-bond donors (Lipinski definition) is 2. The third kappa shape index (κ3) is 2.47. The summed E-state index contributed by atoms with van der Waals surface area (Å²) >= 11 is 0. The van der Waals surface area contributed by atoms with E-state index in [2.05, 4.69) is 5.32 Å². The van der Waals surface area contributed by atoms with Gasteiger partial charge in [0, 0.05) is 36.8 Å². The van der Waals surface area contributed by atoms with Gasteiger partial charge < -0.3 is 15.0 Å². The molecule has 2 N–H and O–H groups in total. The van der Waals surface area contributed by atoms with Gasteiger partial charge in [-0.25, -0.2) is 4.79 Å². The van der Waals surface area contributed by atoms with Crippen molar-refractivity contribution in [2.24, 2.45) is 7.05 Å². The summed E-state index contributed by atoms with van der Waals surface area (Å²) in [7, 11) is 1.99. The van der Waals surface area contributed by atoms with Gasteiger partial charge in [-0.05, 0) is 6.07 Å². The van der Waals surface area contributed by atoms with Crippen LogP contribution in [0.1, 0.15) is 0 Å². The van der Waals surface area contributed by atoms with Gasteiger partial charge in [-0.2, -0.15) is 0 Å². The van der Waals surface area contributed by atoms with Crippen LogP contribution in [0.2, 0.25) is 0 Å². The molecule has 0 unspecified atom stereocenters. The summed E-state index contributed by atoms with van der Waals surface area (Å²) in [6, 6.07) is 8.07. The van der Waals surface area contributed by atoms with Crippen LogP contribution < -0.4 is 5.32 Å². The minimum absolute atomic E-state index is 0.500. The van der Waals surface area contributed by atoms with Crippen LogP contribution >= 0.6 is 0 Å². The zero-order valence-electron chi connectivity index (χ0n) is 9.55. The first-order valence-corrected chi connectivity index (χ1v) is 5.36. The Hall–Kier alpha value is -2.23. The van der Waals surface area contributed by atoms with Crippen LogP contribution in [0.15, 0.2) is 42.6 Å². The summed E-state index contributed by atoms with van der Waals surface area (Å²) in [6.07, 6.45) is 4.72. The molecule has 2 aromatic rings. The van der Waals surface area contributed by atoms with Gasteiger partial charge in [0.2, 0.25) is 0 Å². The van der Waals surface area contributed by atoms with Crippen LogP contribution in [0, 0.1) is 0 Å². The molecule has 0 atom stereocenters. The van der Waals surface area contributed by atoms with E-state index in [0.717, 1.165) is 22.7 Å². The molecule has 1 heterocycles. The number of benzene rings is 1. The van der Waals surface area contributed by atoms with E-state index in [1.54, 1.807) is 6.08 Å². The molecular weight excluding hydrogens is 216 g/mol. The maximum Gasteiger partial charge on any atom is 0.328 e. The first-order chi connectivity index (χ1) is 8.18. The number of rotatable bonds is 4. The summed E-state index contributed by atoms with van der Waals surface area (Å²) < 4.78 is 2.04. The van der Waals surface area contributed by atoms with E-state index in [9.17, 15) is 4.79 Å². The maximum atomic E-state index is 10.3. The summed E-state index contributed by atoms with van der Waals surface area (Å²) in [5, 5.41) is 12.8. The van der Waals surface area contributed by atoms with E-state index in [4.69, 9.17) is 5.11 Å². The molecule has 0 radical (unpaired) electrons. The lowest BCUT2D eigenvalue weighted by atomic mass is 10.2. The third-order valence-corrected chi connectivity index (χ3v) is 2.57. The van der Waals surface area contributed by atoms with Gasteiger partial charge >= 0.3 is 5.97 Å². The van der Waals surface area contributed by atoms with Crippen LogP contribution in [0.4, 0.5) is 5.69 Å². The molecule has 0 aliphatic rings. The van der Waals surface area contributed by atoms with Crippen molar-refractivity contribution in [1.29, 1.82) is 0 Å². The largest absolute Gasteiger partial charge is 0.478 e. The van der Waals surface area contributed by atoms with Gasteiger partial charge in [0.05, 0.1) is 5.69 Å². The van der Waals surface area contributed by atoms with E-state index in [-0.39, 0.29) is 0 Å². The van der Waals surface area contributed by atoms with E-state index >= 15 is 0 Å². The number of aliphatic carboxylic acids is 1. The van der Waals surface area contributed by atoms with Crippen molar-refractivity contribution >= 4 is 22.6 Å². The lowest BCUT2D eigenvalue weighted by molar-refractivity contribution is -0.131. The smallest absolute Gasteiger partial charge is 0.328 e. The predicted molar refractivity (Wildman–Crippen MR) is 68.2 cm³/mol. The van der Waals surface area contributed by atoms with Gasteiger partial charge in [-0.1, -0.05) is 24.3 Å². The fourth-order valence-electron chi connectivity index (χ4n) is 1.81. The highest BCUT2D eigenvalue weighted by Gasteiger charge is 2.03. The van der Waals surface area contributed by atoms with Crippen molar-refractivity contribution in [2.45, 2.75) is 0 Å². The summed E-state index contributed by atoms with van der Waals surface area (Å²) in [4.78, 5) is 10.3. The van der Waals surface area contributed by atoms with Gasteiger partial charge in [0.15, 0.2) is 0 Å². The Balaban J connectivity index is 2.16. The second-order valence-electron chi connectivity index (χ2n) is 3.79. The Bertz CT molecular complexity index is 570. The number of aromatic nitrogens is 1. The number of nitrogens with one attached hydrogen (secondary N) is 1. The maximum absolute atomic E-state index is 10.3. The first kappa shape index (κ1) is 11.3. The summed E-state index contributed by atoms with van der Waals surface area (Å²) in [5.74, 6) is -0.926. The highest BCUT2D eigenvalue weighted by Crippen LogP contribution is 2.24. The number of carboxylic acid groups (broad SMARTS) is 1. The molecule has 0 spiro atoms. The molecule has 1 aromatic heterocycles. The Morgan fingerprint density at radius 3 is 3.00 bits per heavy atom. The highest BCUT2D eigenvalue weighted by molar-refractivity contribution is 5.93. The van der Waals surface area contributed by atoms with Crippen molar-refractivity contribution in [1.82, 2.24) is 4.57 Å². The van der Waals surface area contributed by atoms with Gasteiger partial charge in [0.1, 0.15) is 0 Å². The third-order valence-electron chi connectivity index (χ3n) is 2.57. The molecule has 0 bridgehead atoms. The van der Waals surface area contributed by atoms with E-state index in [1.165, 1.54) is 0 Å². The number of hydrogen-bond acceptors (Lipinski definition) is 2. The Kier molecular flexibility index (Phi) is 3.14. The monoisotopic (exact) mass is 230 g/mol. The van der Waals surface area contributed by atoms with Crippen molar-refractivity contribution < 1.29 is 9.90 Å². The van der Waals surface area contributed by atoms with E-state index in [0.29, 0.717) is 6.54 Å². The number of fused-ring (bicyclic) bond motifs is 1. The van der Waals surface area contributed by atoms with Gasteiger partial charge in [0.25, 0.3) is 0 Å². The van der Waals surface area contributed by atoms with Crippen molar-refractivity contribution in [3.8, 4) is 0 Å². The lowest BCUT2D eigenvalue weighted by Gasteiger charge is -1.99. The Morgan fingerprint density at radius 2 is 2.24 bits per heavy atom. The highest BCUT2D eigenvalue weighted by atomic mass is 16.4. The topological polar surface area (TPSA) is 54.3 Å². The molecule has 0 saturated heterocycles. The minimum atomic E-state index is -0.926. The SMILES string of the molecule is Cn1cc(NC/C=C/C(=O)O)c2ccccc21. The number of carboxylic acids is 1. The second kappa shape index (κ2) is 4.74. The zero-order valence-corrected chi connectivity index (χ0v) is 9.55. The molecule has 0 saturated carbocycles. The molecule has 2 rings (SSSR count). The van der Waals surface area contributed by atoms with E-state index < -0.39 is 5.97 Å². The quantitative estimate of drug-likeness (QED) is 0.792. The molecule has 4 nitrogen and oxygen atoms in total. The molecule has 0 aliphatic carbocycles. The average Bonchev–Trinajstić information content (AvgIpc) is 2.63. The van der Waals surface area contributed by atoms with Crippen LogP contribution in [-0.2, 0) is 11.8 Å². The number of carbonyl (C=O) groups is 1. The predicted octanol–water partition coefficient (Wildman–Crippen LogP) is 2.23. The van der Waals surface area contributed by atoms with Gasteiger partial charge in [-0.3, -0.25) is 0 Å². The fraction of sp³-hybridized carbons (Fsp3) is 0.154. The standard InChI is InChI=1S/C13H14N2O2/c1-15-9-11(14-8-4-7-13(16)17)10-5-2-3-6-12(10)15/h2-7,9,14H,8H2,1H3,(H,16,17)/b7-4+. The molecular formula is C13H14N2O2. The minimum Gasteiger partial charge on any atom is -0.478 e. The van der Waals surface area contributed by atoms with Crippen LogP contribution in [0.3, 0.4) is 0 Å². The number of nitrogens with zero attached hydrogens (tertiary/aromatic N) is 1. The van der Waals surface area contributed by atoms with Crippen molar-refractivity contribution in [3.05, 3.63) is 42.6 Å². The molecule has 0 amide bonds. The van der Waals surface area contributed by atoms with E-state index in [1.807, 2.05) is 42.1 Å². The molecule has 0 fully saturated rings. The number of aryl methyl sites for hydroxylation is 1. The number of para-hydroxylation sites is 1. The molecule has 0 aliphatic heterocycles. The lowest BCUT2D eigenvalue weighted by Crippen LogP contribution is -1.98. The van der Waals surface area contributed by atoms with Crippen molar-refractivity contribution in [2.75, 3.05) is 11.9 Å².